The lowest BCUT2D eigenvalue weighted by atomic mass is 10.1. The molecule has 0 bridgehead atoms. The minimum absolute atomic E-state index is 0.621. The van der Waals surface area contributed by atoms with Crippen molar-refractivity contribution in [1.29, 1.82) is 0 Å². The van der Waals surface area contributed by atoms with Crippen molar-refractivity contribution in [1.82, 2.24) is 0 Å². The van der Waals surface area contributed by atoms with Crippen molar-refractivity contribution in [2.75, 3.05) is 0 Å². The van der Waals surface area contributed by atoms with Crippen molar-refractivity contribution < 1.29 is 9.13 Å². The summed E-state index contributed by atoms with van der Waals surface area (Å²) >= 11 is 0. The van der Waals surface area contributed by atoms with Crippen LogP contribution in [0.2, 0.25) is 0 Å². The van der Waals surface area contributed by atoms with Gasteiger partial charge in [-0.05, 0) is 24.0 Å². The third-order valence-electron chi connectivity index (χ3n) is 4.47. The van der Waals surface area contributed by atoms with E-state index in [1.54, 1.807) is 0 Å². The highest BCUT2D eigenvalue weighted by molar-refractivity contribution is 5.06. The molecule has 0 saturated heterocycles. The summed E-state index contributed by atoms with van der Waals surface area (Å²) in [6.07, 6.45) is 16.3. The second-order valence-electron chi connectivity index (χ2n) is 6.42. The Kier molecular flexibility index (Phi) is 8.42. The van der Waals surface area contributed by atoms with Crippen molar-refractivity contribution in [3.8, 4) is 0 Å². The van der Waals surface area contributed by atoms with E-state index >= 15 is 0 Å². The van der Waals surface area contributed by atoms with Crippen molar-refractivity contribution in [2.45, 2.75) is 64.7 Å². The van der Waals surface area contributed by atoms with E-state index in [-0.39, 0.29) is 0 Å². The van der Waals surface area contributed by atoms with Crippen LogP contribution < -0.4 is 20.6 Å². The van der Waals surface area contributed by atoms with Gasteiger partial charge in [0.25, 0.3) is 0 Å². The van der Waals surface area contributed by atoms with E-state index < -0.39 is 0 Å². The topological polar surface area (TPSA) is 59.8 Å². The molecule has 0 aliphatic rings. The third kappa shape index (κ3) is 6.77. The molecule has 4 nitrogen and oxygen atoms in total. The van der Waals surface area contributed by atoms with E-state index in [2.05, 4.69) is 58.2 Å². The van der Waals surface area contributed by atoms with Gasteiger partial charge in [0.15, 0.2) is 24.8 Å². The Morgan fingerprint density at radius 2 is 0.875 bits per heavy atom. The maximum Gasteiger partial charge on any atom is 0.169 e. The number of rotatable bonds is 11. The second kappa shape index (κ2) is 10.9. The maximum absolute atomic E-state index is 5.61. The van der Waals surface area contributed by atoms with Crippen LogP contribution in [0.15, 0.2) is 49.1 Å². The number of nitrogens with zero attached hydrogens (tertiary/aromatic N) is 2. The molecular formula is C20H32N4+2. The van der Waals surface area contributed by atoms with Gasteiger partial charge < -0.3 is 11.5 Å². The van der Waals surface area contributed by atoms with Crippen LogP contribution in [0, 0.1) is 0 Å². The van der Waals surface area contributed by atoms with Crippen molar-refractivity contribution in [3.05, 3.63) is 60.2 Å². The van der Waals surface area contributed by atoms with Gasteiger partial charge in [0.2, 0.25) is 0 Å². The largest absolute Gasteiger partial charge is 0.326 e. The van der Waals surface area contributed by atoms with Crippen LogP contribution in [0.5, 0.6) is 0 Å². The molecular weight excluding hydrogens is 296 g/mol. The average molecular weight is 329 g/mol. The molecule has 2 heterocycles. The molecule has 2 rings (SSSR count). The van der Waals surface area contributed by atoms with Gasteiger partial charge in [-0.15, -0.1) is 0 Å². The molecule has 0 aliphatic heterocycles. The molecule has 0 spiro atoms. The van der Waals surface area contributed by atoms with Crippen molar-refractivity contribution >= 4 is 0 Å². The van der Waals surface area contributed by atoms with Crippen LogP contribution in [0.25, 0.3) is 0 Å². The van der Waals surface area contributed by atoms with Gasteiger partial charge in [0.05, 0.1) is 0 Å². The van der Waals surface area contributed by atoms with Crippen LogP contribution in [-0.4, -0.2) is 0 Å². The van der Waals surface area contributed by atoms with E-state index in [4.69, 9.17) is 11.5 Å². The Morgan fingerprint density at radius 3 is 1.21 bits per heavy atom. The highest BCUT2D eigenvalue weighted by Crippen LogP contribution is 2.05. The van der Waals surface area contributed by atoms with E-state index in [0.717, 1.165) is 13.1 Å². The van der Waals surface area contributed by atoms with Crippen LogP contribution in [0.3, 0.4) is 0 Å². The van der Waals surface area contributed by atoms with E-state index in [0.29, 0.717) is 13.1 Å². The SMILES string of the molecule is NCc1cc[n+](CCCCCCCC[n+]2ccc(CN)cc2)cc1. The Morgan fingerprint density at radius 1 is 0.542 bits per heavy atom. The van der Waals surface area contributed by atoms with Gasteiger partial charge in [0, 0.05) is 50.2 Å². The number of pyridine rings is 2. The molecule has 2 aromatic heterocycles. The first-order valence-electron chi connectivity index (χ1n) is 9.18. The zero-order valence-electron chi connectivity index (χ0n) is 14.7. The van der Waals surface area contributed by atoms with Crippen LogP contribution in [0.4, 0.5) is 0 Å². The fourth-order valence-corrected chi connectivity index (χ4v) is 2.84. The normalized spacial score (nSPS) is 10.9. The molecule has 0 atom stereocenters. The van der Waals surface area contributed by atoms with Crippen LogP contribution in [-0.2, 0) is 26.2 Å². The highest BCUT2D eigenvalue weighted by Gasteiger charge is 2.02. The molecule has 0 radical (unpaired) electrons. The first-order chi connectivity index (χ1) is 11.8. The maximum atomic E-state index is 5.61. The fraction of sp³-hybridized carbons (Fsp3) is 0.500. The summed E-state index contributed by atoms with van der Waals surface area (Å²) in [5.74, 6) is 0. The summed E-state index contributed by atoms with van der Waals surface area (Å²) in [5.41, 5.74) is 13.6. The first kappa shape index (κ1) is 18.6. The van der Waals surface area contributed by atoms with E-state index in [1.807, 2.05) is 0 Å². The Balaban J connectivity index is 1.48. The number of unbranched alkanes of at least 4 members (excludes halogenated alkanes) is 5. The zero-order valence-corrected chi connectivity index (χ0v) is 14.7. The van der Waals surface area contributed by atoms with E-state index in [9.17, 15) is 0 Å². The fourth-order valence-electron chi connectivity index (χ4n) is 2.84. The average Bonchev–Trinajstić information content (AvgIpc) is 2.65. The molecule has 0 unspecified atom stereocenters. The molecule has 0 amide bonds. The lowest BCUT2D eigenvalue weighted by Gasteiger charge is -2.01. The van der Waals surface area contributed by atoms with Gasteiger partial charge in [-0.1, -0.05) is 12.8 Å². The number of aryl methyl sites for hydroxylation is 2. The second-order valence-corrected chi connectivity index (χ2v) is 6.42. The standard InChI is InChI=1S/C20H32N4/c21-17-19-7-13-23(14-8-19)11-5-3-1-2-4-6-12-24-15-9-20(18-22)10-16-24/h7-10,13-16H,1-6,11-12,17-18,21-22H2/q+2. The van der Waals surface area contributed by atoms with E-state index in [1.165, 1.54) is 49.7 Å². The van der Waals surface area contributed by atoms with Gasteiger partial charge in [-0.25, -0.2) is 9.13 Å². The number of hydrogen-bond donors (Lipinski definition) is 2. The molecule has 0 saturated carbocycles. The summed E-state index contributed by atoms with van der Waals surface area (Å²) in [7, 11) is 0. The van der Waals surface area contributed by atoms with Crippen LogP contribution in [0.1, 0.15) is 49.7 Å². The molecule has 2 aromatic rings. The molecule has 0 aliphatic carbocycles. The van der Waals surface area contributed by atoms with Gasteiger partial charge in [-0.2, -0.15) is 0 Å². The lowest BCUT2D eigenvalue weighted by molar-refractivity contribution is -0.697. The summed E-state index contributed by atoms with van der Waals surface area (Å²) in [6, 6.07) is 8.44. The highest BCUT2D eigenvalue weighted by atomic mass is 14.9. The predicted molar refractivity (Wildman–Crippen MR) is 96.8 cm³/mol. The Hall–Kier alpha value is -1.78. The number of aromatic nitrogens is 2. The van der Waals surface area contributed by atoms with Gasteiger partial charge in [0.1, 0.15) is 13.1 Å². The van der Waals surface area contributed by atoms with Crippen molar-refractivity contribution in [3.63, 3.8) is 0 Å². The quantitative estimate of drug-likeness (QED) is 0.491. The molecule has 4 N–H and O–H groups in total. The Bertz CT molecular complexity index is 510. The van der Waals surface area contributed by atoms with Crippen molar-refractivity contribution in [2.24, 2.45) is 11.5 Å². The summed E-state index contributed by atoms with van der Waals surface area (Å²) in [4.78, 5) is 0. The van der Waals surface area contributed by atoms with Gasteiger partial charge >= 0.3 is 0 Å². The first-order valence-corrected chi connectivity index (χ1v) is 9.18. The molecule has 4 heteroatoms. The number of nitrogens with two attached hydrogens (primary N) is 2. The zero-order chi connectivity index (χ0) is 17.0. The minimum atomic E-state index is 0.621. The molecule has 0 aromatic carbocycles. The Labute approximate surface area is 146 Å². The molecule has 24 heavy (non-hydrogen) atoms. The summed E-state index contributed by atoms with van der Waals surface area (Å²) in [5, 5.41) is 0. The lowest BCUT2D eigenvalue weighted by Crippen LogP contribution is -2.32. The van der Waals surface area contributed by atoms with Gasteiger partial charge in [-0.3, -0.25) is 0 Å². The molecule has 0 fully saturated rings. The smallest absolute Gasteiger partial charge is 0.169 e. The molecule has 130 valence electrons. The predicted octanol–water partition coefficient (Wildman–Crippen LogP) is 2.22. The van der Waals surface area contributed by atoms with Crippen LogP contribution >= 0.6 is 0 Å². The monoisotopic (exact) mass is 328 g/mol. The summed E-state index contributed by atoms with van der Waals surface area (Å²) in [6.45, 7) is 3.45. The third-order valence-corrected chi connectivity index (χ3v) is 4.47. The minimum Gasteiger partial charge on any atom is -0.326 e. The summed E-state index contributed by atoms with van der Waals surface area (Å²) < 4.78 is 4.50. The number of hydrogen-bond acceptors (Lipinski definition) is 2.